The lowest BCUT2D eigenvalue weighted by Gasteiger charge is -1.93. The Morgan fingerprint density at radius 2 is 1.94 bits per heavy atom. The zero-order valence-electron chi connectivity index (χ0n) is 9.90. The average Bonchev–Trinajstić information content (AvgIpc) is 2.59. The normalized spacial score (nSPS) is 9.69. The van der Waals surface area contributed by atoms with Gasteiger partial charge in [-0.2, -0.15) is 0 Å². The summed E-state index contributed by atoms with van der Waals surface area (Å²) >= 11 is 0. The molecule has 0 atom stereocenters. The Morgan fingerprint density at radius 3 is 2.56 bits per heavy atom. The molecule has 0 saturated carbocycles. The van der Waals surface area contributed by atoms with Gasteiger partial charge in [-0.1, -0.05) is 32.0 Å². The largest absolute Gasteiger partial charge is 0.481 e. The van der Waals surface area contributed by atoms with Gasteiger partial charge >= 0.3 is 5.97 Å². The smallest absolute Gasteiger partial charge is 0.307 e. The molecule has 0 saturated heterocycles. The third kappa shape index (κ3) is 2.42. The van der Waals surface area contributed by atoms with Crippen molar-refractivity contribution >= 4 is 16.9 Å². The van der Waals surface area contributed by atoms with Crippen LogP contribution in [0.25, 0.3) is 10.9 Å². The molecule has 2 aromatic rings. The molecule has 0 fully saturated rings. The molecule has 0 spiro atoms. The predicted molar refractivity (Wildman–Crippen MR) is 65.6 cm³/mol. The lowest BCUT2D eigenvalue weighted by molar-refractivity contribution is -0.136. The highest BCUT2D eigenvalue weighted by Crippen LogP contribution is 2.20. The zero-order chi connectivity index (χ0) is 12.1. The highest BCUT2D eigenvalue weighted by Gasteiger charge is 2.08. The number of nitrogens with zero attached hydrogens (tertiary/aromatic N) is 1. The van der Waals surface area contributed by atoms with Crippen molar-refractivity contribution in [3.8, 4) is 0 Å². The second-order valence-corrected chi connectivity index (χ2v) is 3.35. The van der Waals surface area contributed by atoms with Crippen molar-refractivity contribution in [3.05, 3.63) is 36.0 Å². The maximum absolute atomic E-state index is 10.6. The molecule has 2 rings (SSSR count). The minimum Gasteiger partial charge on any atom is -0.481 e. The van der Waals surface area contributed by atoms with Crippen LogP contribution >= 0.6 is 0 Å². The maximum Gasteiger partial charge on any atom is 0.307 e. The quantitative estimate of drug-likeness (QED) is 0.843. The van der Waals surface area contributed by atoms with Crippen molar-refractivity contribution in [2.45, 2.75) is 20.3 Å². The number of carbonyl (C=O) groups is 1. The summed E-state index contributed by atoms with van der Waals surface area (Å²) in [4.78, 5) is 10.6. The molecule has 16 heavy (non-hydrogen) atoms. The minimum absolute atomic E-state index is 0.0847. The van der Waals surface area contributed by atoms with E-state index >= 15 is 0 Å². The SMILES string of the molecule is CC.Cn1cc(CC(=O)O)c2ccccc21. The van der Waals surface area contributed by atoms with Gasteiger partial charge in [0, 0.05) is 24.1 Å². The van der Waals surface area contributed by atoms with Crippen LogP contribution in [0.2, 0.25) is 0 Å². The van der Waals surface area contributed by atoms with Crippen molar-refractivity contribution in [1.29, 1.82) is 0 Å². The van der Waals surface area contributed by atoms with Gasteiger partial charge in [0.2, 0.25) is 0 Å². The molecule has 0 aliphatic carbocycles. The van der Waals surface area contributed by atoms with Gasteiger partial charge < -0.3 is 9.67 Å². The number of aliphatic carboxylic acids is 1. The van der Waals surface area contributed by atoms with Crippen molar-refractivity contribution < 1.29 is 9.90 Å². The van der Waals surface area contributed by atoms with Gasteiger partial charge in [-0.15, -0.1) is 0 Å². The lowest BCUT2D eigenvalue weighted by Crippen LogP contribution is -1.98. The first kappa shape index (κ1) is 12.3. The number of benzene rings is 1. The fraction of sp³-hybridized carbons (Fsp3) is 0.308. The van der Waals surface area contributed by atoms with E-state index in [0.717, 1.165) is 16.5 Å². The Morgan fingerprint density at radius 1 is 1.31 bits per heavy atom. The average molecular weight is 219 g/mol. The van der Waals surface area contributed by atoms with E-state index in [4.69, 9.17) is 5.11 Å². The van der Waals surface area contributed by atoms with Gasteiger partial charge in [-0.05, 0) is 11.6 Å². The van der Waals surface area contributed by atoms with Crippen molar-refractivity contribution in [2.24, 2.45) is 7.05 Å². The molecular weight excluding hydrogens is 202 g/mol. The van der Waals surface area contributed by atoms with Crippen LogP contribution in [0, 0.1) is 0 Å². The van der Waals surface area contributed by atoms with Crippen molar-refractivity contribution in [3.63, 3.8) is 0 Å². The van der Waals surface area contributed by atoms with Gasteiger partial charge in [-0.3, -0.25) is 4.79 Å². The number of rotatable bonds is 2. The summed E-state index contributed by atoms with van der Waals surface area (Å²) in [5.74, 6) is -0.790. The van der Waals surface area contributed by atoms with Crippen LogP contribution in [0.4, 0.5) is 0 Å². The fourth-order valence-electron chi connectivity index (χ4n) is 1.73. The monoisotopic (exact) mass is 219 g/mol. The number of hydrogen-bond acceptors (Lipinski definition) is 1. The first-order valence-electron chi connectivity index (χ1n) is 5.43. The first-order valence-corrected chi connectivity index (χ1v) is 5.43. The van der Waals surface area contributed by atoms with E-state index in [0.29, 0.717) is 0 Å². The second-order valence-electron chi connectivity index (χ2n) is 3.35. The summed E-state index contributed by atoms with van der Waals surface area (Å²) in [6.45, 7) is 4.00. The van der Waals surface area contributed by atoms with E-state index in [1.54, 1.807) is 0 Å². The molecule has 0 bridgehead atoms. The summed E-state index contributed by atoms with van der Waals surface area (Å²) in [6.07, 6.45) is 1.96. The Balaban J connectivity index is 0.000000606. The Hall–Kier alpha value is -1.77. The Bertz CT molecular complexity index is 486. The summed E-state index contributed by atoms with van der Waals surface area (Å²) in [7, 11) is 1.92. The van der Waals surface area contributed by atoms with Crippen LogP contribution < -0.4 is 0 Å². The molecule has 0 radical (unpaired) electrons. The molecule has 1 N–H and O–H groups in total. The van der Waals surface area contributed by atoms with E-state index in [9.17, 15) is 4.79 Å². The first-order chi connectivity index (χ1) is 7.68. The maximum atomic E-state index is 10.6. The summed E-state index contributed by atoms with van der Waals surface area (Å²) < 4.78 is 1.95. The summed E-state index contributed by atoms with van der Waals surface area (Å²) in [5, 5.41) is 9.75. The molecule has 86 valence electrons. The van der Waals surface area contributed by atoms with Gasteiger partial charge in [0.05, 0.1) is 6.42 Å². The van der Waals surface area contributed by atoms with Crippen LogP contribution in [0.3, 0.4) is 0 Å². The number of para-hydroxylation sites is 1. The van der Waals surface area contributed by atoms with Crippen molar-refractivity contribution in [1.82, 2.24) is 4.57 Å². The van der Waals surface area contributed by atoms with Gasteiger partial charge in [0.1, 0.15) is 0 Å². The molecule has 1 aromatic carbocycles. The Kier molecular flexibility index (Phi) is 4.11. The summed E-state index contributed by atoms with van der Waals surface area (Å²) in [5.41, 5.74) is 1.94. The topological polar surface area (TPSA) is 42.2 Å². The van der Waals surface area contributed by atoms with Gasteiger partial charge in [0.15, 0.2) is 0 Å². The van der Waals surface area contributed by atoms with E-state index in [2.05, 4.69) is 0 Å². The van der Waals surface area contributed by atoms with Gasteiger partial charge in [-0.25, -0.2) is 0 Å². The number of carboxylic acid groups (broad SMARTS) is 1. The van der Waals surface area contributed by atoms with E-state index in [-0.39, 0.29) is 6.42 Å². The van der Waals surface area contributed by atoms with Crippen LogP contribution in [0.5, 0.6) is 0 Å². The highest BCUT2D eigenvalue weighted by molar-refractivity contribution is 5.87. The highest BCUT2D eigenvalue weighted by atomic mass is 16.4. The molecule has 0 amide bonds. The molecule has 0 aliphatic rings. The third-order valence-electron chi connectivity index (χ3n) is 2.32. The number of aromatic nitrogens is 1. The zero-order valence-corrected chi connectivity index (χ0v) is 9.90. The fourth-order valence-corrected chi connectivity index (χ4v) is 1.73. The number of fused-ring (bicyclic) bond motifs is 1. The molecule has 3 heteroatoms. The standard InChI is InChI=1S/C11H11NO2.C2H6/c1-12-7-8(6-11(13)14)9-4-2-3-5-10(9)12;1-2/h2-5,7H,6H2,1H3,(H,13,14);1-2H3. The van der Waals surface area contributed by atoms with Gasteiger partial charge in [0.25, 0.3) is 0 Å². The van der Waals surface area contributed by atoms with E-state index < -0.39 is 5.97 Å². The predicted octanol–water partition coefficient (Wildman–Crippen LogP) is 2.83. The van der Waals surface area contributed by atoms with E-state index in [1.165, 1.54) is 0 Å². The van der Waals surface area contributed by atoms with Crippen LogP contribution in [-0.4, -0.2) is 15.6 Å². The van der Waals surface area contributed by atoms with Crippen LogP contribution in [-0.2, 0) is 18.3 Å². The summed E-state index contributed by atoms with van der Waals surface area (Å²) in [6, 6.07) is 7.81. The minimum atomic E-state index is -0.790. The second kappa shape index (κ2) is 5.35. The van der Waals surface area contributed by atoms with Crippen LogP contribution in [0.1, 0.15) is 19.4 Å². The molecule has 1 heterocycles. The number of carboxylic acids is 1. The van der Waals surface area contributed by atoms with E-state index in [1.807, 2.05) is 55.9 Å². The molecule has 3 nitrogen and oxygen atoms in total. The molecule has 0 unspecified atom stereocenters. The van der Waals surface area contributed by atoms with Crippen LogP contribution in [0.15, 0.2) is 30.5 Å². The Labute approximate surface area is 95.3 Å². The third-order valence-corrected chi connectivity index (χ3v) is 2.32. The lowest BCUT2D eigenvalue weighted by atomic mass is 10.1. The number of aryl methyl sites for hydroxylation is 1. The number of hydrogen-bond donors (Lipinski definition) is 1. The molecule has 1 aromatic heterocycles. The van der Waals surface area contributed by atoms with Crippen molar-refractivity contribution in [2.75, 3.05) is 0 Å². The molecular formula is C13H17NO2. The molecule has 0 aliphatic heterocycles.